The number of imidazole rings is 1. The van der Waals surface area contributed by atoms with Gasteiger partial charge in [0.25, 0.3) is 5.56 Å². The summed E-state index contributed by atoms with van der Waals surface area (Å²) in [7, 11) is 2.05. The van der Waals surface area contributed by atoms with Crippen molar-refractivity contribution >= 4 is 5.65 Å². The second-order valence-electron chi connectivity index (χ2n) is 6.25. The zero-order valence-electron chi connectivity index (χ0n) is 13.1. The van der Waals surface area contributed by atoms with Crippen LogP contribution in [0.4, 0.5) is 0 Å². The highest BCUT2D eigenvalue weighted by atomic mass is 16.1. The van der Waals surface area contributed by atoms with Gasteiger partial charge in [0.1, 0.15) is 0 Å². The molecule has 1 atom stereocenters. The van der Waals surface area contributed by atoms with Crippen LogP contribution in [0.5, 0.6) is 0 Å². The monoisotopic (exact) mass is 312 g/mol. The topological polar surface area (TPSA) is 71.2 Å². The molecule has 23 heavy (non-hydrogen) atoms. The molecule has 1 fully saturated rings. The van der Waals surface area contributed by atoms with Crippen molar-refractivity contribution in [2.75, 3.05) is 13.1 Å². The Hall–Kier alpha value is -2.41. The summed E-state index contributed by atoms with van der Waals surface area (Å²) in [4.78, 5) is 23.2. The number of nitrogens with zero attached hydrogens (tertiary/aromatic N) is 5. The molecule has 3 aromatic heterocycles. The van der Waals surface area contributed by atoms with Gasteiger partial charge in [0.15, 0.2) is 5.65 Å². The highest BCUT2D eigenvalue weighted by Crippen LogP contribution is 2.26. The van der Waals surface area contributed by atoms with Gasteiger partial charge in [0.05, 0.1) is 12.0 Å². The van der Waals surface area contributed by atoms with Crippen LogP contribution in [-0.2, 0) is 13.6 Å². The van der Waals surface area contributed by atoms with Crippen molar-refractivity contribution in [3.63, 3.8) is 0 Å². The van der Waals surface area contributed by atoms with Crippen molar-refractivity contribution in [1.29, 1.82) is 0 Å². The van der Waals surface area contributed by atoms with Crippen LogP contribution in [0.15, 0.2) is 35.6 Å². The average molecular weight is 312 g/mol. The van der Waals surface area contributed by atoms with Crippen molar-refractivity contribution in [2.45, 2.75) is 25.3 Å². The maximum atomic E-state index is 12.1. The highest BCUT2D eigenvalue weighted by molar-refractivity contribution is 5.36. The molecule has 1 aliphatic heterocycles. The first-order chi connectivity index (χ1) is 11.2. The average Bonchev–Trinajstić information content (AvgIpc) is 3.16. The van der Waals surface area contributed by atoms with Crippen molar-refractivity contribution in [3.8, 4) is 0 Å². The summed E-state index contributed by atoms with van der Waals surface area (Å²) in [6.07, 6.45) is 7.89. The van der Waals surface area contributed by atoms with E-state index in [9.17, 15) is 4.79 Å². The number of aryl methyl sites for hydroxylation is 1. The Bertz CT molecular complexity index is 876. The summed E-state index contributed by atoms with van der Waals surface area (Å²) in [6, 6.07) is 3.44. The van der Waals surface area contributed by atoms with Gasteiger partial charge >= 0.3 is 0 Å². The Morgan fingerprint density at radius 2 is 2.35 bits per heavy atom. The lowest BCUT2D eigenvalue weighted by atomic mass is 9.95. The second kappa shape index (κ2) is 5.66. The number of rotatable bonds is 3. The molecule has 1 N–H and O–H groups in total. The molecule has 0 bridgehead atoms. The van der Waals surface area contributed by atoms with E-state index >= 15 is 0 Å². The summed E-state index contributed by atoms with van der Waals surface area (Å²) in [5.74, 6) is 0.494. The van der Waals surface area contributed by atoms with Crippen LogP contribution in [0, 0.1) is 0 Å². The van der Waals surface area contributed by atoms with Crippen LogP contribution in [-0.4, -0.2) is 42.1 Å². The molecule has 4 heterocycles. The number of hydrogen-bond acceptors (Lipinski definition) is 4. The van der Waals surface area contributed by atoms with E-state index in [4.69, 9.17) is 0 Å². The number of hydrogen-bond donors (Lipinski definition) is 1. The van der Waals surface area contributed by atoms with Gasteiger partial charge in [0, 0.05) is 56.3 Å². The quantitative estimate of drug-likeness (QED) is 0.787. The van der Waals surface area contributed by atoms with Crippen molar-refractivity contribution in [3.05, 3.63) is 52.6 Å². The van der Waals surface area contributed by atoms with Crippen molar-refractivity contribution in [1.82, 2.24) is 29.0 Å². The number of nitrogens with one attached hydrogen (secondary N) is 1. The molecule has 1 saturated heterocycles. The summed E-state index contributed by atoms with van der Waals surface area (Å²) in [5.41, 5.74) is 2.73. The molecule has 1 aliphatic rings. The molecule has 0 spiro atoms. The number of likely N-dealkylation sites (tertiary alicyclic amines) is 1. The highest BCUT2D eigenvalue weighted by Gasteiger charge is 2.23. The number of aromatic amines is 1. The van der Waals surface area contributed by atoms with Gasteiger partial charge in [-0.1, -0.05) is 0 Å². The van der Waals surface area contributed by atoms with E-state index in [0.717, 1.165) is 25.2 Å². The fourth-order valence-corrected chi connectivity index (χ4v) is 3.49. The Kier molecular flexibility index (Phi) is 3.49. The van der Waals surface area contributed by atoms with Crippen LogP contribution in [0.25, 0.3) is 5.65 Å². The fraction of sp³-hybridized carbons (Fsp3) is 0.438. The molecule has 0 amide bonds. The summed E-state index contributed by atoms with van der Waals surface area (Å²) >= 11 is 0. The van der Waals surface area contributed by atoms with E-state index in [1.807, 2.05) is 25.6 Å². The molecule has 0 aliphatic carbocycles. The van der Waals surface area contributed by atoms with Gasteiger partial charge in [-0.05, 0) is 19.4 Å². The molecule has 7 heteroatoms. The van der Waals surface area contributed by atoms with E-state index in [0.29, 0.717) is 18.1 Å². The molecule has 0 aromatic carbocycles. The standard InChI is InChI=1S/C16H20N6O/c1-20-11-17-8-14(20)12-3-2-6-21(9-12)10-13-7-16(23)22-15(19-13)4-5-18-22/h4-5,7-8,11-12,18H,2-3,6,9-10H2,1H3. The molecule has 3 aromatic rings. The minimum Gasteiger partial charge on any atom is -0.337 e. The first-order valence-corrected chi connectivity index (χ1v) is 7.95. The van der Waals surface area contributed by atoms with E-state index < -0.39 is 0 Å². The van der Waals surface area contributed by atoms with Gasteiger partial charge < -0.3 is 4.57 Å². The Balaban J connectivity index is 1.53. The van der Waals surface area contributed by atoms with E-state index in [2.05, 4.69) is 24.5 Å². The van der Waals surface area contributed by atoms with Gasteiger partial charge in [-0.3, -0.25) is 14.8 Å². The Morgan fingerprint density at radius 1 is 1.43 bits per heavy atom. The normalized spacial score (nSPS) is 19.4. The summed E-state index contributed by atoms with van der Waals surface area (Å²) in [5, 5.41) is 2.87. The van der Waals surface area contributed by atoms with Gasteiger partial charge in [0.2, 0.25) is 0 Å². The molecule has 120 valence electrons. The molecule has 7 nitrogen and oxygen atoms in total. The molecule has 1 unspecified atom stereocenters. The predicted molar refractivity (Wildman–Crippen MR) is 86.3 cm³/mol. The second-order valence-corrected chi connectivity index (χ2v) is 6.25. The third kappa shape index (κ3) is 2.68. The first-order valence-electron chi connectivity index (χ1n) is 7.95. The van der Waals surface area contributed by atoms with Crippen LogP contribution >= 0.6 is 0 Å². The molecule has 0 saturated carbocycles. The zero-order chi connectivity index (χ0) is 15.8. The van der Waals surface area contributed by atoms with Gasteiger partial charge in [-0.15, -0.1) is 0 Å². The fourth-order valence-electron chi connectivity index (χ4n) is 3.49. The Labute approximate surface area is 133 Å². The number of H-pyrrole nitrogens is 1. The summed E-state index contributed by atoms with van der Waals surface area (Å²) < 4.78 is 3.56. The third-order valence-electron chi connectivity index (χ3n) is 4.60. The van der Waals surface area contributed by atoms with E-state index in [-0.39, 0.29) is 5.56 Å². The van der Waals surface area contributed by atoms with Crippen LogP contribution in [0.1, 0.15) is 30.1 Å². The minimum atomic E-state index is -0.0600. The smallest absolute Gasteiger partial charge is 0.272 e. The zero-order valence-corrected chi connectivity index (χ0v) is 13.1. The maximum absolute atomic E-state index is 12.1. The predicted octanol–water partition coefficient (Wildman–Crippen LogP) is 1.14. The first kappa shape index (κ1) is 14.2. The summed E-state index contributed by atoms with van der Waals surface area (Å²) in [6.45, 7) is 2.74. The number of piperidine rings is 1. The lowest BCUT2D eigenvalue weighted by Crippen LogP contribution is -2.35. The number of fused-ring (bicyclic) bond motifs is 1. The maximum Gasteiger partial charge on any atom is 0.272 e. The minimum absolute atomic E-state index is 0.0600. The SMILES string of the molecule is Cn1cncc1C1CCCN(Cc2cc(=O)n3[nH]ccc3n2)C1. The Morgan fingerprint density at radius 3 is 3.17 bits per heavy atom. The van der Waals surface area contributed by atoms with Crippen LogP contribution in [0.2, 0.25) is 0 Å². The van der Waals surface area contributed by atoms with Gasteiger partial charge in [-0.2, -0.15) is 0 Å². The van der Waals surface area contributed by atoms with Crippen LogP contribution in [0.3, 0.4) is 0 Å². The van der Waals surface area contributed by atoms with E-state index in [1.165, 1.54) is 16.6 Å². The molecule has 0 radical (unpaired) electrons. The molecule has 4 rings (SSSR count). The third-order valence-corrected chi connectivity index (χ3v) is 4.60. The van der Waals surface area contributed by atoms with Crippen LogP contribution < -0.4 is 5.56 Å². The van der Waals surface area contributed by atoms with Gasteiger partial charge in [-0.25, -0.2) is 14.5 Å². The van der Waals surface area contributed by atoms with E-state index in [1.54, 1.807) is 12.3 Å². The van der Waals surface area contributed by atoms with Crippen molar-refractivity contribution in [2.24, 2.45) is 7.05 Å². The lowest BCUT2D eigenvalue weighted by molar-refractivity contribution is 0.195. The van der Waals surface area contributed by atoms with Crippen molar-refractivity contribution < 1.29 is 0 Å². The molecular formula is C16H20N6O. The number of aromatic nitrogens is 5. The largest absolute Gasteiger partial charge is 0.337 e. The molecular weight excluding hydrogens is 292 g/mol. The lowest BCUT2D eigenvalue weighted by Gasteiger charge is -2.32.